The fourth-order valence-corrected chi connectivity index (χ4v) is 1.89. The molecule has 1 aromatic rings. The summed E-state index contributed by atoms with van der Waals surface area (Å²) in [5.74, 6) is 0.762. The van der Waals surface area contributed by atoms with Gasteiger partial charge < -0.3 is 5.32 Å². The number of anilines is 1. The van der Waals surface area contributed by atoms with Crippen molar-refractivity contribution in [3.8, 4) is 0 Å². The van der Waals surface area contributed by atoms with Crippen LogP contribution in [0, 0.1) is 6.92 Å². The number of rotatable bonds is 1. The number of nitrogens with one attached hydrogen (secondary N) is 1. The molecule has 3 nitrogen and oxygen atoms in total. The van der Waals surface area contributed by atoms with Crippen molar-refractivity contribution >= 4 is 5.95 Å². The Kier molecular flexibility index (Phi) is 2.17. The Labute approximate surface area is 78.6 Å². The van der Waals surface area contributed by atoms with Gasteiger partial charge in [0.2, 0.25) is 5.95 Å². The van der Waals surface area contributed by atoms with Crippen LogP contribution in [0.25, 0.3) is 0 Å². The standard InChI is InChI=1S/C10H15N3/c1-7-8-5-3-4-6-9(8)13-10(11-2)12-7/h3-6H2,1-2H3,(H,11,12,13). The van der Waals surface area contributed by atoms with Crippen molar-refractivity contribution in [3.05, 3.63) is 17.0 Å². The molecule has 2 rings (SSSR count). The molecule has 1 heterocycles. The molecule has 1 N–H and O–H groups in total. The Bertz CT molecular complexity index is 320. The SMILES string of the molecule is CNc1nc(C)c2c(n1)CCCC2. The Morgan fingerprint density at radius 1 is 1.15 bits per heavy atom. The first kappa shape index (κ1) is 8.48. The van der Waals surface area contributed by atoms with E-state index in [9.17, 15) is 0 Å². The highest BCUT2D eigenvalue weighted by molar-refractivity contribution is 5.35. The highest BCUT2D eigenvalue weighted by Crippen LogP contribution is 2.22. The average molecular weight is 177 g/mol. The van der Waals surface area contributed by atoms with E-state index in [0.29, 0.717) is 0 Å². The van der Waals surface area contributed by atoms with Crippen LogP contribution < -0.4 is 5.32 Å². The van der Waals surface area contributed by atoms with Gasteiger partial charge in [0.05, 0.1) is 0 Å². The summed E-state index contributed by atoms with van der Waals surface area (Å²) in [4.78, 5) is 8.85. The maximum atomic E-state index is 4.47. The zero-order valence-electron chi connectivity index (χ0n) is 8.22. The number of nitrogens with zero attached hydrogens (tertiary/aromatic N) is 2. The fraction of sp³-hybridized carbons (Fsp3) is 0.600. The normalized spacial score (nSPS) is 15.2. The van der Waals surface area contributed by atoms with Crippen LogP contribution in [0.15, 0.2) is 0 Å². The minimum absolute atomic E-state index is 0.762. The van der Waals surface area contributed by atoms with Crippen molar-refractivity contribution in [1.82, 2.24) is 9.97 Å². The summed E-state index contributed by atoms with van der Waals surface area (Å²) < 4.78 is 0. The number of aromatic nitrogens is 2. The number of hydrogen-bond donors (Lipinski definition) is 1. The lowest BCUT2D eigenvalue weighted by Gasteiger charge is -2.17. The van der Waals surface area contributed by atoms with E-state index in [1.54, 1.807) is 0 Å². The van der Waals surface area contributed by atoms with Gasteiger partial charge in [-0.05, 0) is 38.2 Å². The van der Waals surface area contributed by atoms with Crippen LogP contribution >= 0.6 is 0 Å². The average Bonchev–Trinajstić information content (AvgIpc) is 2.18. The second-order valence-electron chi connectivity index (χ2n) is 3.51. The van der Waals surface area contributed by atoms with Gasteiger partial charge in [-0.1, -0.05) is 0 Å². The summed E-state index contributed by atoms with van der Waals surface area (Å²) in [6.07, 6.45) is 4.83. The van der Waals surface area contributed by atoms with E-state index in [2.05, 4.69) is 22.2 Å². The van der Waals surface area contributed by atoms with E-state index >= 15 is 0 Å². The Morgan fingerprint density at radius 3 is 2.69 bits per heavy atom. The Morgan fingerprint density at radius 2 is 1.92 bits per heavy atom. The third-order valence-electron chi connectivity index (χ3n) is 2.61. The second-order valence-corrected chi connectivity index (χ2v) is 3.51. The first-order chi connectivity index (χ1) is 6.31. The summed E-state index contributed by atoms with van der Waals surface area (Å²) in [5, 5.41) is 3.00. The van der Waals surface area contributed by atoms with Gasteiger partial charge in [-0.3, -0.25) is 0 Å². The van der Waals surface area contributed by atoms with Crippen molar-refractivity contribution in [3.63, 3.8) is 0 Å². The molecule has 1 aliphatic rings. The third kappa shape index (κ3) is 1.50. The van der Waals surface area contributed by atoms with E-state index < -0.39 is 0 Å². The molecule has 0 amide bonds. The van der Waals surface area contributed by atoms with Crippen molar-refractivity contribution in [2.24, 2.45) is 0 Å². The molecular weight excluding hydrogens is 162 g/mol. The molecule has 0 aliphatic heterocycles. The van der Waals surface area contributed by atoms with Gasteiger partial charge in [-0.15, -0.1) is 0 Å². The van der Waals surface area contributed by atoms with Crippen LogP contribution in [0.4, 0.5) is 5.95 Å². The third-order valence-corrected chi connectivity index (χ3v) is 2.61. The lowest BCUT2D eigenvalue weighted by molar-refractivity contribution is 0.658. The summed E-state index contributed by atoms with van der Waals surface area (Å²) in [6.45, 7) is 2.08. The zero-order chi connectivity index (χ0) is 9.26. The predicted octanol–water partition coefficient (Wildman–Crippen LogP) is 1.71. The lowest BCUT2D eigenvalue weighted by atomic mass is 9.95. The van der Waals surface area contributed by atoms with Gasteiger partial charge in [-0.2, -0.15) is 0 Å². The highest BCUT2D eigenvalue weighted by Gasteiger charge is 2.14. The van der Waals surface area contributed by atoms with Gasteiger partial charge in [-0.25, -0.2) is 9.97 Å². The quantitative estimate of drug-likeness (QED) is 0.709. The van der Waals surface area contributed by atoms with Gasteiger partial charge >= 0.3 is 0 Å². The van der Waals surface area contributed by atoms with Crippen molar-refractivity contribution in [2.45, 2.75) is 32.6 Å². The van der Waals surface area contributed by atoms with E-state index in [0.717, 1.165) is 24.5 Å². The van der Waals surface area contributed by atoms with Crippen LogP contribution in [0.5, 0.6) is 0 Å². The van der Waals surface area contributed by atoms with E-state index in [1.807, 2.05) is 7.05 Å². The van der Waals surface area contributed by atoms with Gasteiger partial charge in [0.15, 0.2) is 0 Å². The molecule has 0 bridgehead atoms. The summed E-state index contributed by atoms with van der Waals surface area (Å²) in [7, 11) is 1.87. The van der Waals surface area contributed by atoms with Crippen LogP contribution in [0.3, 0.4) is 0 Å². The minimum Gasteiger partial charge on any atom is -0.357 e. The number of fused-ring (bicyclic) bond motifs is 1. The molecule has 0 radical (unpaired) electrons. The number of hydrogen-bond acceptors (Lipinski definition) is 3. The molecule has 1 aliphatic carbocycles. The van der Waals surface area contributed by atoms with Crippen molar-refractivity contribution < 1.29 is 0 Å². The highest BCUT2D eigenvalue weighted by atomic mass is 15.1. The molecule has 70 valence electrons. The molecule has 0 fully saturated rings. The van der Waals surface area contributed by atoms with Gasteiger partial charge in [0.1, 0.15) is 0 Å². The van der Waals surface area contributed by atoms with E-state index in [-0.39, 0.29) is 0 Å². The van der Waals surface area contributed by atoms with Crippen molar-refractivity contribution in [2.75, 3.05) is 12.4 Å². The smallest absolute Gasteiger partial charge is 0.222 e. The topological polar surface area (TPSA) is 37.8 Å². The summed E-state index contributed by atoms with van der Waals surface area (Å²) in [5.41, 5.74) is 3.78. The van der Waals surface area contributed by atoms with Crippen LogP contribution in [-0.2, 0) is 12.8 Å². The Hall–Kier alpha value is -1.12. The maximum absolute atomic E-state index is 4.47. The minimum atomic E-state index is 0.762. The molecule has 0 saturated carbocycles. The molecule has 0 aromatic carbocycles. The molecule has 0 spiro atoms. The van der Waals surface area contributed by atoms with E-state index in [4.69, 9.17) is 0 Å². The molecule has 13 heavy (non-hydrogen) atoms. The lowest BCUT2D eigenvalue weighted by Crippen LogP contribution is -2.11. The molecule has 0 saturated heterocycles. The largest absolute Gasteiger partial charge is 0.357 e. The fourth-order valence-electron chi connectivity index (χ4n) is 1.89. The Balaban J connectivity index is 2.47. The molecule has 0 unspecified atom stereocenters. The van der Waals surface area contributed by atoms with Gasteiger partial charge in [0, 0.05) is 18.4 Å². The molecular formula is C10H15N3. The summed E-state index contributed by atoms with van der Waals surface area (Å²) in [6, 6.07) is 0. The number of aryl methyl sites for hydroxylation is 2. The van der Waals surface area contributed by atoms with Crippen LogP contribution in [0.2, 0.25) is 0 Å². The molecule has 0 atom stereocenters. The van der Waals surface area contributed by atoms with Crippen LogP contribution in [-0.4, -0.2) is 17.0 Å². The van der Waals surface area contributed by atoms with Gasteiger partial charge in [0.25, 0.3) is 0 Å². The summed E-state index contributed by atoms with van der Waals surface area (Å²) >= 11 is 0. The monoisotopic (exact) mass is 177 g/mol. The molecule has 1 aromatic heterocycles. The van der Waals surface area contributed by atoms with Crippen LogP contribution in [0.1, 0.15) is 29.8 Å². The first-order valence-electron chi connectivity index (χ1n) is 4.85. The molecule has 3 heteroatoms. The maximum Gasteiger partial charge on any atom is 0.222 e. The van der Waals surface area contributed by atoms with Crippen molar-refractivity contribution in [1.29, 1.82) is 0 Å². The predicted molar refractivity (Wildman–Crippen MR) is 53.0 cm³/mol. The first-order valence-corrected chi connectivity index (χ1v) is 4.85. The second kappa shape index (κ2) is 3.32. The zero-order valence-corrected chi connectivity index (χ0v) is 8.22. The van der Waals surface area contributed by atoms with E-state index in [1.165, 1.54) is 24.1 Å².